The van der Waals surface area contributed by atoms with E-state index in [-0.39, 0.29) is 12.5 Å². The van der Waals surface area contributed by atoms with E-state index in [0.717, 1.165) is 5.56 Å². The molecule has 0 unspecified atom stereocenters. The van der Waals surface area contributed by atoms with E-state index >= 15 is 0 Å². The molecule has 0 aromatic heterocycles. The Balaban J connectivity index is 2.19. The lowest BCUT2D eigenvalue weighted by Crippen LogP contribution is -2.13. The highest BCUT2D eigenvalue weighted by Gasteiger charge is 2.10. The largest absolute Gasteiger partial charge is 0.477 e. The molecule has 0 saturated heterocycles. The molecule has 2 aromatic rings. The fraction of sp³-hybridized carbons (Fsp3) is 0.125. The van der Waals surface area contributed by atoms with E-state index in [0.29, 0.717) is 22.0 Å². The first-order chi connectivity index (χ1) is 10.1. The predicted octanol–water partition coefficient (Wildman–Crippen LogP) is 3.80. The number of carbonyl (C=O) groups is 1. The zero-order valence-corrected chi connectivity index (χ0v) is 12.1. The number of hydrogen-bond acceptors (Lipinski definition) is 3. The molecule has 0 radical (unpaired) electrons. The maximum atomic E-state index is 12.2. The first kappa shape index (κ1) is 14.9. The maximum Gasteiger partial charge on any atom is 0.255 e. The number of ether oxygens (including phenoxy) is 1. The molecule has 106 valence electrons. The van der Waals surface area contributed by atoms with Crippen molar-refractivity contribution in [3.05, 3.63) is 58.6 Å². The quantitative estimate of drug-likeness (QED) is 0.934. The molecule has 2 aromatic carbocycles. The van der Waals surface area contributed by atoms with Gasteiger partial charge in [0.15, 0.2) is 6.61 Å². The fourth-order valence-corrected chi connectivity index (χ4v) is 1.91. The molecule has 0 fully saturated rings. The van der Waals surface area contributed by atoms with Gasteiger partial charge in [-0.15, -0.1) is 0 Å². The minimum absolute atomic E-state index is 0.0801. The third-order valence-corrected chi connectivity index (χ3v) is 3.27. The lowest BCUT2D eigenvalue weighted by atomic mass is 10.1. The van der Waals surface area contributed by atoms with Crippen molar-refractivity contribution in [2.24, 2.45) is 0 Å². The average Bonchev–Trinajstić information content (AvgIpc) is 2.49. The molecular formula is C16H13ClN2O2. The molecule has 0 atom stereocenters. The van der Waals surface area contributed by atoms with Crippen LogP contribution in [0.1, 0.15) is 15.9 Å². The Hall–Kier alpha value is -2.51. The van der Waals surface area contributed by atoms with Crippen molar-refractivity contribution < 1.29 is 9.53 Å². The van der Waals surface area contributed by atoms with E-state index in [1.165, 1.54) is 0 Å². The van der Waals surface area contributed by atoms with Crippen LogP contribution in [0, 0.1) is 18.3 Å². The van der Waals surface area contributed by atoms with E-state index in [1.807, 2.05) is 13.0 Å². The summed E-state index contributed by atoms with van der Waals surface area (Å²) < 4.78 is 5.26. The van der Waals surface area contributed by atoms with Crippen molar-refractivity contribution in [3.8, 4) is 11.8 Å². The van der Waals surface area contributed by atoms with Crippen LogP contribution >= 0.6 is 11.6 Å². The summed E-state index contributed by atoms with van der Waals surface area (Å²) in [5, 5.41) is 11.8. The maximum absolute atomic E-state index is 12.2. The molecule has 1 N–H and O–H groups in total. The molecule has 0 heterocycles. The van der Waals surface area contributed by atoms with Crippen LogP contribution < -0.4 is 10.1 Å². The number of rotatable bonds is 4. The van der Waals surface area contributed by atoms with Gasteiger partial charge in [0, 0.05) is 10.6 Å². The Morgan fingerprint density at radius 1 is 1.33 bits per heavy atom. The molecule has 0 saturated carbocycles. The molecule has 2 rings (SSSR count). The van der Waals surface area contributed by atoms with Gasteiger partial charge in [0.05, 0.1) is 5.69 Å². The summed E-state index contributed by atoms with van der Waals surface area (Å²) in [6, 6.07) is 13.9. The van der Waals surface area contributed by atoms with Crippen LogP contribution in [0.2, 0.25) is 5.02 Å². The molecular weight excluding hydrogens is 288 g/mol. The van der Waals surface area contributed by atoms with Gasteiger partial charge in [-0.25, -0.2) is 0 Å². The van der Waals surface area contributed by atoms with Crippen LogP contribution in [0.25, 0.3) is 0 Å². The number of nitrogens with zero attached hydrogens (tertiary/aromatic N) is 1. The Labute approximate surface area is 127 Å². The SMILES string of the molecule is Cc1ccc(C(=O)Nc2ccccc2OCC#N)cc1Cl. The third-order valence-electron chi connectivity index (χ3n) is 2.86. The molecule has 5 heteroatoms. The fourth-order valence-electron chi connectivity index (χ4n) is 1.73. The van der Waals surface area contributed by atoms with Crippen molar-refractivity contribution in [3.63, 3.8) is 0 Å². The number of nitrogens with one attached hydrogen (secondary N) is 1. The highest BCUT2D eigenvalue weighted by Crippen LogP contribution is 2.25. The van der Waals surface area contributed by atoms with Gasteiger partial charge in [0.2, 0.25) is 0 Å². The predicted molar refractivity (Wildman–Crippen MR) is 81.7 cm³/mol. The van der Waals surface area contributed by atoms with E-state index in [9.17, 15) is 4.79 Å². The highest BCUT2D eigenvalue weighted by atomic mass is 35.5. The van der Waals surface area contributed by atoms with Gasteiger partial charge in [-0.1, -0.05) is 29.8 Å². The number of hydrogen-bond donors (Lipinski definition) is 1. The Morgan fingerprint density at radius 3 is 2.81 bits per heavy atom. The van der Waals surface area contributed by atoms with Crippen molar-refractivity contribution in [2.45, 2.75) is 6.92 Å². The average molecular weight is 301 g/mol. The number of carbonyl (C=O) groups excluding carboxylic acids is 1. The minimum Gasteiger partial charge on any atom is -0.477 e. The monoisotopic (exact) mass is 300 g/mol. The minimum atomic E-state index is -0.287. The second-order valence-corrected chi connectivity index (χ2v) is 4.77. The van der Waals surface area contributed by atoms with Crippen LogP contribution in [0.5, 0.6) is 5.75 Å². The highest BCUT2D eigenvalue weighted by molar-refractivity contribution is 6.31. The van der Waals surface area contributed by atoms with Crippen molar-refractivity contribution in [1.29, 1.82) is 5.26 Å². The van der Waals surface area contributed by atoms with Gasteiger partial charge in [-0.3, -0.25) is 4.79 Å². The second-order valence-electron chi connectivity index (χ2n) is 4.36. The number of nitriles is 1. The standard InChI is InChI=1S/C16H13ClN2O2/c1-11-6-7-12(10-13(11)17)16(20)19-14-4-2-3-5-15(14)21-9-8-18/h2-7,10H,9H2,1H3,(H,19,20). The lowest BCUT2D eigenvalue weighted by molar-refractivity contribution is 0.102. The van der Waals surface area contributed by atoms with Crippen LogP contribution in [0.4, 0.5) is 5.69 Å². The molecule has 0 aliphatic carbocycles. The molecule has 0 aliphatic heterocycles. The van der Waals surface area contributed by atoms with Gasteiger partial charge in [-0.2, -0.15) is 5.26 Å². The normalized spacial score (nSPS) is 9.76. The topological polar surface area (TPSA) is 62.1 Å². The number of anilines is 1. The first-order valence-electron chi connectivity index (χ1n) is 6.28. The smallest absolute Gasteiger partial charge is 0.255 e. The molecule has 0 aliphatic rings. The summed E-state index contributed by atoms with van der Waals surface area (Å²) in [7, 11) is 0. The number of halogens is 1. The van der Waals surface area contributed by atoms with E-state index < -0.39 is 0 Å². The second kappa shape index (κ2) is 6.78. The third kappa shape index (κ3) is 3.74. The zero-order valence-electron chi connectivity index (χ0n) is 11.4. The summed E-state index contributed by atoms with van der Waals surface area (Å²) >= 11 is 6.02. The Bertz CT molecular complexity index is 708. The van der Waals surface area contributed by atoms with Crippen molar-refractivity contribution in [1.82, 2.24) is 0 Å². The zero-order chi connectivity index (χ0) is 15.2. The lowest BCUT2D eigenvalue weighted by Gasteiger charge is -2.11. The van der Waals surface area contributed by atoms with Crippen LogP contribution in [0.3, 0.4) is 0 Å². The van der Waals surface area contributed by atoms with Gasteiger partial charge in [0.25, 0.3) is 5.91 Å². The van der Waals surface area contributed by atoms with Gasteiger partial charge in [0.1, 0.15) is 11.8 Å². The molecule has 0 spiro atoms. The van der Waals surface area contributed by atoms with E-state index in [1.54, 1.807) is 42.5 Å². The molecule has 0 bridgehead atoms. The first-order valence-corrected chi connectivity index (χ1v) is 6.66. The molecule has 4 nitrogen and oxygen atoms in total. The number of benzene rings is 2. The summed E-state index contributed by atoms with van der Waals surface area (Å²) in [5.74, 6) is 0.163. The van der Waals surface area contributed by atoms with Crippen LogP contribution in [-0.4, -0.2) is 12.5 Å². The molecule has 21 heavy (non-hydrogen) atoms. The number of para-hydroxylation sites is 2. The summed E-state index contributed by atoms with van der Waals surface area (Å²) in [6.07, 6.45) is 0. The van der Waals surface area contributed by atoms with Crippen molar-refractivity contribution in [2.75, 3.05) is 11.9 Å². The number of aryl methyl sites for hydroxylation is 1. The molecule has 1 amide bonds. The van der Waals surface area contributed by atoms with Crippen LogP contribution in [-0.2, 0) is 0 Å². The summed E-state index contributed by atoms with van der Waals surface area (Å²) in [4.78, 5) is 12.2. The van der Waals surface area contributed by atoms with Crippen LogP contribution in [0.15, 0.2) is 42.5 Å². The summed E-state index contributed by atoms with van der Waals surface area (Å²) in [6.45, 7) is 1.79. The van der Waals surface area contributed by atoms with E-state index in [4.69, 9.17) is 21.6 Å². The number of amides is 1. The summed E-state index contributed by atoms with van der Waals surface area (Å²) in [5.41, 5.74) is 1.88. The van der Waals surface area contributed by atoms with Gasteiger partial charge < -0.3 is 10.1 Å². The van der Waals surface area contributed by atoms with Gasteiger partial charge >= 0.3 is 0 Å². The Morgan fingerprint density at radius 2 is 2.10 bits per heavy atom. The van der Waals surface area contributed by atoms with E-state index in [2.05, 4.69) is 5.32 Å². The van der Waals surface area contributed by atoms with Crippen molar-refractivity contribution >= 4 is 23.2 Å². The van der Waals surface area contributed by atoms with Gasteiger partial charge in [-0.05, 0) is 36.8 Å². The Kier molecular flexibility index (Phi) is 4.81.